The predicted molar refractivity (Wildman–Crippen MR) is 99.8 cm³/mol. The number of aromatic nitrogens is 4. The molecule has 0 saturated heterocycles. The lowest BCUT2D eigenvalue weighted by Crippen LogP contribution is -2.22. The molecule has 4 rings (SSSR count). The van der Waals surface area contributed by atoms with Crippen molar-refractivity contribution in [2.24, 2.45) is 17.8 Å². The average Bonchev–Trinajstić information content (AvgIpc) is 3.33. The highest BCUT2D eigenvalue weighted by Gasteiger charge is 2.36. The second-order valence-electron chi connectivity index (χ2n) is 6.24. The fourth-order valence-electron chi connectivity index (χ4n) is 3.02. The van der Waals surface area contributed by atoms with Gasteiger partial charge in [0.2, 0.25) is 17.7 Å². The quantitative estimate of drug-likeness (QED) is 0.782. The summed E-state index contributed by atoms with van der Waals surface area (Å²) in [5.74, 6) is 0.931. The lowest BCUT2D eigenvalue weighted by molar-refractivity contribution is -0.117. The highest BCUT2D eigenvalue weighted by atomic mass is 32.2. The minimum Gasteiger partial charge on any atom is -0.499 e. The van der Waals surface area contributed by atoms with E-state index in [2.05, 4.69) is 21.4 Å². The van der Waals surface area contributed by atoms with Crippen LogP contribution >= 0.6 is 11.8 Å². The summed E-state index contributed by atoms with van der Waals surface area (Å²) < 4.78 is 12.8. The third-order valence-corrected chi connectivity index (χ3v) is 5.40. The molecule has 2 N–H and O–H groups in total. The maximum atomic E-state index is 10.9. The number of thioether (sulfide) groups is 1. The first-order valence-electron chi connectivity index (χ1n) is 8.31. The van der Waals surface area contributed by atoms with Crippen LogP contribution in [0.2, 0.25) is 0 Å². The van der Waals surface area contributed by atoms with Gasteiger partial charge in [0.25, 0.3) is 0 Å². The molecule has 2 aromatic rings. The van der Waals surface area contributed by atoms with Gasteiger partial charge in [-0.25, -0.2) is 0 Å². The van der Waals surface area contributed by atoms with E-state index in [-0.39, 0.29) is 23.6 Å². The molecule has 9 nitrogen and oxygen atoms in total. The molecule has 1 aliphatic heterocycles. The zero-order valence-electron chi connectivity index (χ0n) is 14.8. The summed E-state index contributed by atoms with van der Waals surface area (Å²) >= 11 is 1.64. The molecule has 1 aliphatic carbocycles. The largest absolute Gasteiger partial charge is 0.499 e. The standard InChI is InChI=1S/C17H18N6O3S/c1-23-8-10(7-19-23)9-3-11(25-2)17-12(4-9)27-16(20-17)6-15-22-21-14(26-15)5-13(18)24/h3-4,7-8,12,17H,5-6H2,1-2H3,(H2,18,24). The Hall–Kier alpha value is -2.88. The fraction of sp³-hybridized carbons (Fsp3) is 0.353. The number of hydrogen-bond acceptors (Lipinski definition) is 8. The lowest BCUT2D eigenvalue weighted by Gasteiger charge is -2.22. The Labute approximate surface area is 159 Å². The molecule has 0 fully saturated rings. The van der Waals surface area contributed by atoms with Gasteiger partial charge in [-0.15, -0.1) is 22.0 Å². The number of allylic oxidation sites excluding steroid dienone is 2. The van der Waals surface area contributed by atoms with E-state index in [9.17, 15) is 4.79 Å². The van der Waals surface area contributed by atoms with Crippen LogP contribution in [0.15, 0.2) is 39.7 Å². The molecule has 2 aromatic heterocycles. The number of primary amides is 1. The number of nitrogens with two attached hydrogens (primary N) is 1. The molecule has 0 spiro atoms. The van der Waals surface area contributed by atoms with Crippen LogP contribution in [-0.4, -0.2) is 49.3 Å². The summed E-state index contributed by atoms with van der Waals surface area (Å²) in [6.45, 7) is 0. The minimum atomic E-state index is -0.508. The molecule has 1 amide bonds. The topological polar surface area (TPSA) is 121 Å². The Morgan fingerprint density at radius 3 is 2.93 bits per heavy atom. The van der Waals surface area contributed by atoms with E-state index in [1.807, 2.05) is 25.5 Å². The third kappa shape index (κ3) is 3.65. The first-order valence-corrected chi connectivity index (χ1v) is 9.19. The zero-order chi connectivity index (χ0) is 19.0. The number of aryl methyl sites for hydroxylation is 1. The maximum Gasteiger partial charge on any atom is 0.226 e. The van der Waals surface area contributed by atoms with Crippen LogP contribution in [0.25, 0.3) is 5.57 Å². The van der Waals surface area contributed by atoms with Gasteiger partial charge < -0.3 is 14.9 Å². The molecule has 2 aliphatic rings. The summed E-state index contributed by atoms with van der Waals surface area (Å²) in [6.07, 6.45) is 8.33. The molecule has 27 heavy (non-hydrogen) atoms. The maximum absolute atomic E-state index is 10.9. The van der Waals surface area contributed by atoms with E-state index in [1.165, 1.54) is 0 Å². The van der Waals surface area contributed by atoms with Crippen LogP contribution in [0.5, 0.6) is 0 Å². The van der Waals surface area contributed by atoms with Gasteiger partial charge in [-0.2, -0.15) is 5.10 Å². The van der Waals surface area contributed by atoms with E-state index in [0.717, 1.165) is 21.9 Å². The van der Waals surface area contributed by atoms with Crippen LogP contribution in [0, 0.1) is 0 Å². The van der Waals surface area contributed by atoms with E-state index in [1.54, 1.807) is 23.6 Å². The molecule has 0 aromatic carbocycles. The van der Waals surface area contributed by atoms with E-state index < -0.39 is 5.91 Å². The minimum absolute atomic E-state index is 0.0639. The summed E-state index contributed by atoms with van der Waals surface area (Å²) in [6, 6.07) is -0.0802. The molecule has 2 atom stereocenters. The van der Waals surface area contributed by atoms with E-state index >= 15 is 0 Å². The number of carbonyl (C=O) groups is 1. The molecular weight excluding hydrogens is 368 g/mol. The van der Waals surface area contributed by atoms with Crippen LogP contribution in [0.3, 0.4) is 0 Å². The molecule has 10 heteroatoms. The van der Waals surface area contributed by atoms with Crippen LogP contribution < -0.4 is 5.73 Å². The van der Waals surface area contributed by atoms with Crippen molar-refractivity contribution in [3.05, 3.63) is 47.6 Å². The van der Waals surface area contributed by atoms with Crippen molar-refractivity contribution in [3.63, 3.8) is 0 Å². The highest BCUT2D eigenvalue weighted by Crippen LogP contribution is 2.39. The fourth-order valence-corrected chi connectivity index (χ4v) is 4.26. The van der Waals surface area contributed by atoms with Crippen molar-refractivity contribution < 1.29 is 13.9 Å². The normalized spacial score (nSPS) is 21.3. The Morgan fingerprint density at radius 2 is 2.22 bits per heavy atom. The number of nitrogens with zero attached hydrogens (tertiary/aromatic N) is 5. The van der Waals surface area contributed by atoms with Crippen molar-refractivity contribution in [2.75, 3.05) is 7.11 Å². The molecule has 2 unspecified atom stereocenters. The number of carbonyl (C=O) groups excluding carboxylic acids is 1. The molecule has 0 bridgehead atoms. The molecule has 0 saturated carbocycles. The monoisotopic (exact) mass is 386 g/mol. The van der Waals surface area contributed by atoms with Crippen molar-refractivity contribution >= 4 is 28.3 Å². The second kappa shape index (κ2) is 7.03. The first kappa shape index (κ1) is 17.5. The number of methoxy groups -OCH3 is 1. The lowest BCUT2D eigenvalue weighted by atomic mass is 9.97. The number of amides is 1. The zero-order valence-corrected chi connectivity index (χ0v) is 15.6. The number of aliphatic imine (C=N–C) groups is 1. The number of rotatable bonds is 6. The van der Waals surface area contributed by atoms with Crippen molar-refractivity contribution in [1.29, 1.82) is 0 Å². The van der Waals surface area contributed by atoms with Crippen LogP contribution in [0.4, 0.5) is 0 Å². The van der Waals surface area contributed by atoms with Crippen molar-refractivity contribution in [1.82, 2.24) is 20.0 Å². The molecular formula is C17H18N6O3S. The van der Waals surface area contributed by atoms with Gasteiger partial charge in [0, 0.05) is 18.8 Å². The number of hydrogen-bond donors (Lipinski definition) is 1. The average molecular weight is 386 g/mol. The second-order valence-corrected chi connectivity index (χ2v) is 7.49. The molecule has 3 heterocycles. The molecule has 140 valence electrons. The van der Waals surface area contributed by atoms with Gasteiger partial charge in [-0.05, 0) is 11.6 Å². The predicted octanol–water partition coefficient (Wildman–Crippen LogP) is 0.883. The van der Waals surface area contributed by atoms with E-state index in [0.29, 0.717) is 12.3 Å². The van der Waals surface area contributed by atoms with Crippen molar-refractivity contribution in [2.45, 2.75) is 24.1 Å². The number of ether oxygens (including phenoxy) is 1. The Kier molecular flexibility index (Phi) is 4.56. The number of fused-ring (bicyclic) bond motifs is 1. The van der Waals surface area contributed by atoms with Crippen molar-refractivity contribution in [3.8, 4) is 0 Å². The summed E-state index contributed by atoms with van der Waals surface area (Å²) in [5.41, 5.74) is 7.24. The smallest absolute Gasteiger partial charge is 0.226 e. The Morgan fingerprint density at radius 1 is 1.41 bits per heavy atom. The SMILES string of the molecule is COC1=CC(c2cnn(C)c2)=CC2SC(Cc3nnc(CC(N)=O)o3)=NC12. The van der Waals surface area contributed by atoms with Gasteiger partial charge in [0.1, 0.15) is 18.2 Å². The van der Waals surface area contributed by atoms with Crippen LogP contribution in [-0.2, 0) is 29.4 Å². The third-order valence-electron chi connectivity index (χ3n) is 4.21. The van der Waals surface area contributed by atoms with E-state index in [4.69, 9.17) is 19.9 Å². The first-order chi connectivity index (χ1) is 13.0. The Bertz CT molecular complexity index is 973. The molecule has 0 radical (unpaired) electrons. The van der Waals surface area contributed by atoms with Crippen LogP contribution in [0.1, 0.15) is 17.3 Å². The van der Waals surface area contributed by atoms with Gasteiger partial charge >= 0.3 is 0 Å². The Balaban J connectivity index is 1.52. The highest BCUT2D eigenvalue weighted by molar-refractivity contribution is 8.14. The van der Waals surface area contributed by atoms with Gasteiger partial charge in [0.15, 0.2) is 0 Å². The van der Waals surface area contributed by atoms with Gasteiger partial charge in [-0.1, -0.05) is 6.08 Å². The van der Waals surface area contributed by atoms with Gasteiger partial charge in [-0.3, -0.25) is 14.5 Å². The van der Waals surface area contributed by atoms with Gasteiger partial charge in [0.05, 0.1) is 30.0 Å². The summed E-state index contributed by atoms with van der Waals surface area (Å²) in [5, 5.41) is 13.0. The summed E-state index contributed by atoms with van der Waals surface area (Å²) in [7, 11) is 3.54. The summed E-state index contributed by atoms with van der Waals surface area (Å²) in [4.78, 5) is 15.7.